The molecular weight excluding hydrogens is 741 g/mol. The fourth-order valence-electron chi connectivity index (χ4n) is 9.27. The Morgan fingerprint density at radius 2 is 0.885 bits per heavy atom. The van der Waals surface area contributed by atoms with Gasteiger partial charge in [-0.25, -0.2) is 0 Å². The van der Waals surface area contributed by atoms with E-state index in [2.05, 4.69) is 228 Å². The molecule has 2 heterocycles. The quantitative estimate of drug-likeness (QED) is 0.161. The van der Waals surface area contributed by atoms with Crippen molar-refractivity contribution in [1.29, 1.82) is 0 Å². The first kappa shape index (κ1) is 34.9. The third-order valence-corrected chi connectivity index (χ3v) is 12.2. The molecule has 0 aliphatic heterocycles. The van der Waals surface area contributed by atoms with E-state index < -0.39 is 0 Å². The van der Waals surface area contributed by atoms with E-state index in [9.17, 15) is 0 Å². The molecule has 10 aromatic carbocycles. The van der Waals surface area contributed by atoms with E-state index in [1.54, 1.807) is 0 Å². The zero-order valence-corrected chi connectivity index (χ0v) is 33.2. The summed E-state index contributed by atoms with van der Waals surface area (Å²) in [7, 11) is 0. The third kappa shape index (κ3) is 5.90. The van der Waals surface area contributed by atoms with Gasteiger partial charge in [-0.05, 0) is 105 Å². The van der Waals surface area contributed by atoms with E-state index >= 15 is 0 Å². The van der Waals surface area contributed by atoms with Gasteiger partial charge in [0.05, 0.1) is 22.4 Å². The highest BCUT2D eigenvalue weighted by Crippen LogP contribution is 2.43. The fraction of sp³-hybridized carbons (Fsp3) is 0. The molecule has 0 saturated carbocycles. The maximum atomic E-state index is 6.63. The summed E-state index contributed by atoms with van der Waals surface area (Å²) in [5, 5.41) is 7.20. The van der Waals surface area contributed by atoms with Crippen molar-refractivity contribution in [3.05, 3.63) is 231 Å². The van der Waals surface area contributed by atoms with Gasteiger partial charge < -0.3 is 13.9 Å². The van der Waals surface area contributed by atoms with Crippen LogP contribution in [0.3, 0.4) is 0 Å². The summed E-state index contributed by atoms with van der Waals surface area (Å²) < 4.78 is 9.04. The average molecular weight is 779 g/mol. The van der Waals surface area contributed by atoms with Crippen LogP contribution in [0.15, 0.2) is 235 Å². The van der Waals surface area contributed by atoms with E-state index in [0.29, 0.717) is 0 Å². The number of hydrogen-bond acceptors (Lipinski definition) is 2. The second kappa shape index (κ2) is 14.3. The molecule has 0 unspecified atom stereocenters. The number of anilines is 3. The molecule has 2 aromatic heterocycles. The van der Waals surface area contributed by atoms with Crippen LogP contribution >= 0.6 is 0 Å². The van der Waals surface area contributed by atoms with Crippen molar-refractivity contribution in [2.75, 3.05) is 4.90 Å². The largest absolute Gasteiger partial charge is 0.454 e. The number of benzene rings is 10. The number of para-hydroxylation sites is 5. The lowest BCUT2D eigenvalue weighted by molar-refractivity contribution is 0.669. The summed E-state index contributed by atoms with van der Waals surface area (Å²) in [5.74, 6) is 0. The molecule has 0 aliphatic rings. The monoisotopic (exact) mass is 778 g/mol. The van der Waals surface area contributed by atoms with Gasteiger partial charge in [-0.2, -0.15) is 0 Å². The summed E-state index contributed by atoms with van der Waals surface area (Å²) in [6, 6.07) is 82.9. The van der Waals surface area contributed by atoms with Crippen LogP contribution in [0.2, 0.25) is 0 Å². The molecule has 0 radical (unpaired) electrons. The van der Waals surface area contributed by atoms with Crippen molar-refractivity contribution in [3.8, 4) is 39.1 Å². The van der Waals surface area contributed by atoms with Crippen molar-refractivity contribution in [2.45, 2.75) is 0 Å². The van der Waals surface area contributed by atoms with Crippen LogP contribution < -0.4 is 4.90 Å². The normalized spacial score (nSPS) is 11.6. The molecule has 3 nitrogen and oxygen atoms in total. The Kier molecular flexibility index (Phi) is 8.17. The Morgan fingerprint density at radius 1 is 0.344 bits per heavy atom. The summed E-state index contributed by atoms with van der Waals surface area (Å²) in [6.07, 6.45) is 0. The predicted octanol–water partition coefficient (Wildman–Crippen LogP) is 16.3. The minimum atomic E-state index is 0.862. The standard InChI is InChI=1S/C58H38N2O/c1-2-14-42-37-44(28-27-39(42)13-1)41-31-35-47(36-32-41)59(56-25-12-21-52-51-20-6-10-26-57(51)61-58(52)56)46-33-29-40(30-34-46)43-15-11-16-45(38-43)48-17-3-7-22-53(48)60-54-23-8-4-18-49(54)50-19-5-9-24-55(50)60/h1-38H. The second-order valence-electron chi connectivity index (χ2n) is 15.7. The van der Waals surface area contributed by atoms with Crippen molar-refractivity contribution < 1.29 is 4.42 Å². The molecule has 12 aromatic rings. The molecule has 61 heavy (non-hydrogen) atoms. The van der Waals surface area contributed by atoms with Crippen LogP contribution in [0.1, 0.15) is 0 Å². The highest BCUT2D eigenvalue weighted by molar-refractivity contribution is 6.11. The van der Waals surface area contributed by atoms with Gasteiger partial charge in [-0.3, -0.25) is 0 Å². The third-order valence-electron chi connectivity index (χ3n) is 12.2. The van der Waals surface area contributed by atoms with E-state index in [-0.39, 0.29) is 0 Å². The van der Waals surface area contributed by atoms with Crippen LogP contribution in [0, 0.1) is 0 Å². The van der Waals surface area contributed by atoms with Crippen LogP contribution in [0.5, 0.6) is 0 Å². The van der Waals surface area contributed by atoms with Gasteiger partial charge in [0.25, 0.3) is 0 Å². The van der Waals surface area contributed by atoms with Crippen molar-refractivity contribution in [2.24, 2.45) is 0 Å². The SMILES string of the molecule is c1cc(-c2ccc(N(c3ccc(-c4ccc5ccccc5c4)cc3)c3cccc4c3oc3ccccc34)cc2)cc(-c2ccccc2-n2c3ccccc3c3ccccc32)c1. The van der Waals surface area contributed by atoms with Gasteiger partial charge in [-0.15, -0.1) is 0 Å². The fourth-order valence-corrected chi connectivity index (χ4v) is 9.27. The minimum Gasteiger partial charge on any atom is -0.454 e. The van der Waals surface area contributed by atoms with Gasteiger partial charge in [0.1, 0.15) is 5.58 Å². The lowest BCUT2D eigenvalue weighted by Gasteiger charge is -2.26. The van der Waals surface area contributed by atoms with Crippen molar-refractivity contribution in [1.82, 2.24) is 4.57 Å². The lowest BCUT2D eigenvalue weighted by atomic mass is 9.97. The first-order valence-corrected chi connectivity index (χ1v) is 20.8. The highest BCUT2D eigenvalue weighted by atomic mass is 16.3. The van der Waals surface area contributed by atoms with E-state index in [0.717, 1.165) is 55.8 Å². The Morgan fingerprint density at radius 3 is 1.62 bits per heavy atom. The summed E-state index contributed by atoms with van der Waals surface area (Å²) in [6.45, 7) is 0. The zero-order valence-electron chi connectivity index (χ0n) is 33.2. The molecule has 0 spiro atoms. The lowest BCUT2D eigenvalue weighted by Crippen LogP contribution is -2.10. The Labute approximate surface area is 353 Å². The number of fused-ring (bicyclic) bond motifs is 7. The van der Waals surface area contributed by atoms with Crippen LogP contribution in [0.4, 0.5) is 17.1 Å². The van der Waals surface area contributed by atoms with Gasteiger partial charge in [0.15, 0.2) is 5.58 Å². The van der Waals surface area contributed by atoms with Crippen molar-refractivity contribution >= 4 is 71.6 Å². The van der Waals surface area contributed by atoms with Crippen molar-refractivity contribution in [3.63, 3.8) is 0 Å². The van der Waals surface area contributed by atoms with E-state index in [1.165, 1.54) is 54.8 Å². The van der Waals surface area contributed by atoms with Gasteiger partial charge in [0.2, 0.25) is 0 Å². The summed E-state index contributed by atoms with van der Waals surface area (Å²) in [5.41, 5.74) is 15.4. The Bertz CT molecular complexity index is 3540. The first-order chi connectivity index (χ1) is 30.2. The molecule has 3 heteroatoms. The molecule has 0 bridgehead atoms. The number of rotatable bonds is 7. The molecule has 0 N–H and O–H groups in total. The van der Waals surface area contributed by atoms with Gasteiger partial charge in [-0.1, -0.05) is 164 Å². The van der Waals surface area contributed by atoms with Gasteiger partial charge in [0, 0.05) is 38.5 Å². The predicted molar refractivity (Wildman–Crippen MR) is 257 cm³/mol. The number of aromatic nitrogens is 1. The van der Waals surface area contributed by atoms with Crippen LogP contribution in [-0.4, -0.2) is 4.57 Å². The smallest absolute Gasteiger partial charge is 0.159 e. The first-order valence-electron chi connectivity index (χ1n) is 20.8. The Hall–Kier alpha value is -8.14. The molecule has 12 rings (SSSR count). The molecular formula is C58H38N2O. The Balaban J connectivity index is 0.944. The molecule has 0 amide bonds. The summed E-state index contributed by atoms with van der Waals surface area (Å²) in [4.78, 5) is 2.32. The van der Waals surface area contributed by atoms with Gasteiger partial charge >= 0.3 is 0 Å². The molecule has 286 valence electrons. The van der Waals surface area contributed by atoms with Crippen LogP contribution in [-0.2, 0) is 0 Å². The minimum absolute atomic E-state index is 0.862. The average Bonchev–Trinajstić information content (AvgIpc) is 3.88. The molecule has 0 saturated heterocycles. The van der Waals surface area contributed by atoms with E-state index in [4.69, 9.17) is 4.42 Å². The molecule has 0 fully saturated rings. The molecule has 0 aliphatic carbocycles. The van der Waals surface area contributed by atoms with Crippen LogP contribution in [0.25, 0.3) is 93.6 Å². The maximum absolute atomic E-state index is 6.63. The summed E-state index contributed by atoms with van der Waals surface area (Å²) >= 11 is 0. The number of nitrogens with zero attached hydrogens (tertiary/aromatic N) is 2. The molecule has 0 atom stereocenters. The second-order valence-corrected chi connectivity index (χ2v) is 15.7. The highest BCUT2D eigenvalue weighted by Gasteiger charge is 2.20. The number of furan rings is 1. The van der Waals surface area contributed by atoms with E-state index in [1.807, 2.05) is 12.1 Å². The zero-order chi connectivity index (χ0) is 40.3. The number of hydrogen-bond donors (Lipinski definition) is 0. The maximum Gasteiger partial charge on any atom is 0.159 e. The topological polar surface area (TPSA) is 21.3 Å².